The van der Waals surface area contributed by atoms with E-state index < -0.39 is 0 Å². The van der Waals surface area contributed by atoms with Crippen LogP contribution >= 0.6 is 0 Å². The molecule has 0 bridgehead atoms. The van der Waals surface area contributed by atoms with Gasteiger partial charge in [0.05, 0.1) is 26.0 Å². The Morgan fingerprint density at radius 3 is 2.35 bits per heavy atom. The number of carbonyl (C=O) groups excluding carboxylic acids is 1. The third kappa shape index (κ3) is 6.08. The second-order valence-corrected chi connectivity index (χ2v) is 8.39. The summed E-state index contributed by atoms with van der Waals surface area (Å²) in [5, 5.41) is 10.4. The molecule has 188 valence electrons. The van der Waals surface area contributed by atoms with Gasteiger partial charge in [-0.15, -0.1) is 0 Å². The number of hydrogen-bond acceptors (Lipinski definition) is 6. The van der Waals surface area contributed by atoms with Gasteiger partial charge in [-0.1, -0.05) is 17.9 Å². The Morgan fingerprint density at radius 2 is 1.70 bits per heavy atom. The summed E-state index contributed by atoms with van der Waals surface area (Å²) in [5.74, 6) is 8.11. The van der Waals surface area contributed by atoms with Crippen LogP contribution in [0.4, 0.5) is 11.5 Å². The SMILES string of the molecule is CCNc1ncc(-c2cnn(C)c2)cc1C#Cc1cc(C(=O)Nc2cc(OC)cc(OC)c2)ccc1C. The van der Waals surface area contributed by atoms with Crippen molar-refractivity contribution in [1.82, 2.24) is 14.8 Å². The maximum Gasteiger partial charge on any atom is 0.255 e. The average molecular weight is 496 g/mol. The monoisotopic (exact) mass is 495 g/mol. The Kier molecular flexibility index (Phi) is 7.74. The summed E-state index contributed by atoms with van der Waals surface area (Å²) in [6, 6.07) is 12.7. The van der Waals surface area contributed by atoms with Crippen LogP contribution in [0.15, 0.2) is 61.1 Å². The molecule has 0 aliphatic rings. The van der Waals surface area contributed by atoms with Crippen LogP contribution < -0.4 is 20.1 Å². The van der Waals surface area contributed by atoms with Crippen molar-refractivity contribution in [3.63, 3.8) is 0 Å². The lowest BCUT2D eigenvalue weighted by Crippen LogP contribution is -2.12. The third-order valence-electron chi connectivity index (χ3n) is 5.71. The highest BCUT2D eigenvalue weighted by molar-refractivity contribution is 6.04. The highest BCUT2D eigenvalue weighted by Gasteiger charge is 2.11. The van der Waals surface area contributed by atoms with Crippen LogP contribution in [0, 0.1) is 18.8 Å². The van der Waals surface area contributed by atoms with E-state index in [0.717, 1.165) is 34.4 Å². The Hall–Kier alpha value is -4.77. The van der Waals surface area contributed by atoms with Crippen molar-refractivity contribution in [3.8, 4) is 34.5 Å². The molecule has 2 heterocycles. The fourth-order valence-electron chi connectivity index (χ4n) is 3.71. The lowest BCUT2D eigenvalue weighted by Gasteiger charge is -2.10. The molecule has 0 unspecified atom stereocenters. The average Bonchev–Trinajstić information content (AvgIpc) is 3.34. The minimum Gasteiger partial charge on any atom is -0.497 e. The van der Waals surface area contributed by atoms with Gasteiger partial charge in [0.25, 0.3) is 5.91 Å². The van der Waals surface area contributed by atoms with Crippen LogP contribution in [-0.2, 0) is 7.05 Å². The molecule has 2 N–H and O–H groups in total. The van der Waals surface area contributed by atoms with Gasteiger partial charge in [0, 0.05) is 72.1 Å². The van der Waals surface area contributed by atoms with E-state index in [0.29, 0.717) is 28.6 Å². The number of carbonyl (C=O) groups is 1. The molecule has 0 aliphatic carbocycles. The van der Waals surface area contributed by atoms with Crippen molar-refractivity contribution >= 4 is 17.4 Å². The summed E-state index contributed by atoms with van der Waals surface area (Å²) >= 11 is 0. The molecule has 0 atom stereocenters. The highest BCUT2D eigenvalue weighted by atomic mass is 16.5. The van der Waals surface area contributed by atoms with Crippen LogP contribution in [0.25, 0.3) is 11.1 Å². The molecule has 37 heavy (non-hydrogen) atoms. The minimum atomic E-state index is -0.257. The lowest BCUT2D eigenvalue weighted by molar-refractivity contribution is 0.102. The summed E-state index contributed by atoms with van der Waals surface area (Å²) in [6.07, 6.45) is 5.54. The predicted octanol–water partition coefficient (Wildman–Crippen LogP) is 4.89. The van der Waals surface area contributed by atoms with E-state index in [2.05, 4.69) is 32.6 Å². The van der Waals surface area contributed by atoms with Crippen LogP contribution in [0.5, 0.6) is 11.5 Å². The zero-order chi connectivity index (χ0) is 26.4. The van der Waals surface area contributed by atoms with E-state index >= 15 is 0 Å². The number of nitrogens with one attached hydrogen (secondary N) is 2. The second-order valence-electron chi connectivity index (χ2n) is 8.39. The quantitative estimate of drug-likeness (QED) is 0.355. The first-order valence-corrected chi connectivity index (χ1v) is 11.8. The third-order valence-corrected chi connectivity index (χ3v) is 5.71. The molecule has 4 aromatic rings. The molecule has 0 saturated heterocycles. The molecule has 0 spiro atoms. The van der Waals surface area contributed by atoms with Gasteiger partial charge in [-0.25, -0.2) is 4.98 Å². The van der Waals surface area contributed by atoms with E-state index in [1.165, 1.54) is 0 Å². The van der Waals surface area contributed by atoms with Crippen molar-refractivity contribution in [2.24, 2.45) is 7.05 Å². The van der Waals surface area contributed by atoms with Gasteiger partial charge in [0.1, 0.15) is 17.3 Å². The van der Waals surface area contributed by atoms with Crippen LogP contribution in [0.1, 0.15) is 34.0 Å². The molecule has 8 nitrogen and oxygen atoms in total. The number of hydrogen-bond donors (Lipinski definition) is 2. The molecule has 4 rings (SSSR count). The molecule has 0 fully saturated rings. The largest absolute Gasteiger partial charge is 0.497 e. The van der Waals surface area contributed by atoms with Gasteiger partial charge in [0.2, 0.25) is 0 Å². The van der Waals surface area contributed by atoms with Crippen LogP contribution in [0.2, 0.25) is 0 Å². The minimum absolute atomic E-state index is 0.257. The first kappa shape index (κ1) is 25.3. The number of benzene rings is 2. The first-order valence-electron chi connectivity index (χ1n) is 11.8. The molecule has 1 amide bonds. The molecular weight excluding hydrogens is 466 g/mol. The Morgan fingerprint density at radius 1 is 0.973 bits per heavy atom. The second kappa shape index (κ2) is 11.3. The van der Waals surface area contributed by atoms with Crippen LogP contribution in [0.3, 0.4) is 0 Å². The van der Waals surface area contributed by atoms with Gasteiger partial charge < -0.3 is 20.1 Å². The molecule has 2 aromatic heterocycles. The number of pyridine rings is 1. The van der Waals surface area contributed by atoms with Crippen molar-refractivity contribution in [3.05, 3.63) is 83.3 Å². The maximum absolute atomic E-state index is 13.0. The van der Waals surface area contributed by atoms with Crippen molar-refractivity contribution in [1.29, 1.82) is 0 Å². The smallest absolute Gasteiger partial charge is 0.255 e. The number of nitrogens with zero attached hydrogens (tertiary/aromatic N) is 3. The Bertz CT molecular complexity index is 1470. The van der Waals surface area contributed by atoms with Crippen molar-refractivity contribution in [2.45, 2.75) is 13.8 Å². The topological polar surface area (TPSA) is 90.3 Å². The number of aryl methyl sites for hydroxylation is 2. The number of amides is 1. The van der Waals surface area contributed by atoms with Crippen LogP contribution in [-0.4, -0.2) is 41.4 Å². The highest BCUT2D eigenvalue weighted by Crippen LogP contribution is 2.26. The maximum atomic E-state index is 13.0. The number of rotatable bonds is 7. The van der Waals surface area contributed by atoms with E-state index in [1.807, 2.05) is 45.4 Å². The van der Waals surface area contributed by atoms with E-state index in [-0.39, 0.29) is 5.91 Å². The van der Waals surface area contributed by atoms with E-state index in [1.54, 1.807) is 55.4 Å². The van der Waals surface area contributed by atoms with E-state index in [4.69, 9.17) is 9.47 Å². The first-order chi connectivity index (χ1) is 17.9. The Balaban J connectivity index is 1.64. The Labute approximate surface area is 216 Å². The predicted molar refractivity (Wildman–Crippen MR) is 145 cm³/mol. The fraction of sp³-hybridized carbons (Fsp3) is 0.207. The molecule has 2 aromatic carbocycles. The molecule has 0 radical (unpaired) electrons. The number of aromatic nitrogens is 3. The number of ether oxygens (including phenoxy) is 2. The summed E-state index contributed by atoms with van der Waals surface area (Å²) in [7, 11) is 5.00. The van der Waals surface area contributed by atoms with Crippen molar-refractivity contribution in [2.75, 3.05) is 31.4 Å². The van der Waals surface area contributed by atoms with Gasteiger partial charge in [-0.3, -0.25) is 9.48 Å². The van der Waals surface area contributed by atoms with Gasteiger partial charge in [0.15, 0.2) is 0 Å². The normalized spacial score (nSPS) is 10.3. The molecule has 0 aliphatic heterocycles. The summed E-state index contributed by atoms with van der Waals surface area (Å²) in [4.78, 5) is 17.6. The summed E-state index contributed by atoms with van der Waals surface area (Å²) < 4.78 is 12.3. The van der Waals surface area contributed by atoms with Gasteiger partial charge >= 0.3 is 0 Å². The van der Waals surface area contributed by atoms with Gasteiger partial charge in [-0.2, -0.15) is 5.10 Å². The standard InChI is InChI=1S/C29H29N5O3/c1-6-30-28-21(12-23(16-31-28)24-17-32-34(3)18-24)10-9-20-11-22(8-7-19(20)2)29(35)33-25-13-26(36-4)15-27(14-25)37-5/h7-8,11-18H,6H2,1-5H3,(H,30,31)(H,33,35). The van der Waals surface area contributed by atoms with Gasteiger partial charge in [-0.05, 0) is 37.6 Å². The van der Waals surface area contributed by atoms with E-state index in [9.17, 15) is 4.79 Å². The molecule has 0 saturated carbocycles. The number of anilines is 2. The molecular formula is C29H29N5O3. The lowest BCUT2D eigenvalue weighted by atomic mass is 10.0. The zero-order valence-electron chi connectivity index (χ0n) is 21.5. The molecule has 8 heteroatoms. The summed E-state index contributed by atoms with van der Waals surface area (Å²) in [5.41, 5.74) is 5.44. The fourth-order valence-corrected chi connectivity index (χ4v) is 3.71. The summed E-state index contributed by atoms with van der Waals surface area (Å²) in [6.45, 7) is 4.70. The van der Waals surface area contributed by atoms with Crippen molar-refractivity contribution < 1.29 is 14.3 Å². The number of methoxy groups -OCH3 is 2. The zero-order valence-corrected chi connectivity index (χ0v) is 21.5.